The number of carbonyl (C=O) groups excluding carboxylic acids is 1. The summed E-state index contributed by atoms with van der Waals surface area (Å²) >= 11 is 0. The highest BCUT2D eigenvalue weighted by Crippen LogP contribution is 2.57. The molecule has 7 nitrogen and oxygen atoms in total. The van der Waals surface area contributed by atoms with E-state index in [0.29, 0.717) is 13.0 Å². The second kappa shape index (κ2) is 10.1. The first-order valence-corrected chi connectivity index (χ1v) is 12.1. The molecule has 3 rings (SSSR count). The van der Waals surface area contributed by atoms with E-state index in [-0.39, 0.29) is 25.5 Å². The van der Waals surface area contributed by atoms with Crippen LogP contribution in [-0.4, -0.2) is 64.6 Å². The highest BCUT2D eigenvalue weighted by molar-refractivity contribution is 5.91. The maximum Gasteiger partial charge on any atom is 0.330 e. The van der Waals surface area contributed by atoms with Gasteiger partial charge in [-0.05, 0) is 49.1 Å². The summed E-state index contributed by atoms with van der Waals surface area (Å²) in [6.45, 7) is 10.2. The number of rotatable bonds is 7. The molecule has 0 spiro atoms. The van der Waals surface area contributed by atoms with Crippen LogP contribution in [0, 0.1) is 18.3 Å². The van der Waals surface area contributed by atoms with Gasteiger partial charge in [0.05, 0.1) is 25.4 Å². The van der Waals surface area contributed by atoms with E-state index in [2.05, 4.69) is 0 Å². The Morgan fingerprint density at radius 1 is 1.24 bits per heavy atom. The lowest BCUT2D eigenvalue weighted by Gasteiger charge is -2.45. The Kier molecular flexibility index (Phi) is 7.87. The van der Waals surface area contributed by atoms with Crippen molar-refractivity contribution in [2.75, 3.05) is 19.8 Å². The molecule has 0 aliphatic carbocycles. The third kappa shape index (κ3) is 4.55. The molecule has 0 saturated carbocycles. The normalized spacial score (nSPS) is 30.4. The van der Waals surface area contributed by atoms with Gasteiger partial charge in [0, 0.05) is 12.5 Å². The number of amides is 1. The standard InChI is InChI=1S/C26H39NO6/c1-6-26(24(30)31)22(25(3,4)5)21(33-16-14-28)20(18-12-8-7-11-17(18)2)27(26)23(29)19-13-9-10-15-32-19/h7-8,11-12,19-22,28H,6,9-10,13-16H2,1-5H3,(H,30,31)/t19?,20-,21+,22+,26-/m0/s1. The average Bonchev–Trinajstić information content (AvgIpc) is 3.09. The summed E-state index contributed by atoms with van der Waals surface area (Å²) in [6.07, 6.45) is 1.34. The van der Waals surface area contributed by atoms with E-state index in [1.807, 2.05) is 58.9 Å². The number of nitrogens with zero attached hydrogens (tertiary/aromatic N) is 1. The maximum atomic E-state index is 14.1. The van der Waals surface area contributed by atoms with Gasteiger partial charge in [0.15, 0.2) is 0 Å². The average molecular weight is 462 g/mol. The van der Waals surface area contributed by atoms with Crippen molar-refractivity contribution in [1.82, 2.24) is 4.90 Å². The molecule has 1 amide bonds. The third-order valence-electron chi connectivity index (χ3n) is 7.31. The van der Waals surface area contributed by atoms with Gasteiger partial charge in [-0.25, -0.2) is 4.79 Å². The van der Waals surface area contributed by atoms with E-state index >= 15 is 0 Å². The Morgan fingerprint density at radius 2 is 1.94 bits per heavy atom. The summed E-state index contributed by atoms with van der Waals surface area (Å²) in [6, 6.07) is 7.15. The highest BCUT2D eigenvalue weighted by Gasteiger charge is 2.68. The van der Waals surface area contributed by atoms with E-state index in [4.69, 9.17) is 9.47 Å². The van der Waals surface area contributed by atoms with E-state index < -0.39 is 41.1 Å². The minimum atomic E-state index is -1.47. The van der Waals surface area contributed by atoms with Gasteiger partial charge in [0.1, 0.15) is 11.6 Å². The Hall–Kier alpha value is -1.96. The van der Waals surface area contributed by atoms with Gasteiger partial charge < -0.3 is 24.6 Å². The molecule has 7 heteroatoms. The van der Waals surface area contributed by atoms with E-state index in [9.17, 15) is 19.8 Å². The van der Waals surface area contributed by atoms with Crippen LogP contribution in [0.2, 0.25) is 0 Å². The fourth-order valence-corrected chi connectivity index (χ4v) is 6.02. The predicted octanol–water partition coefficient (Wildman–Crippen LogP) is 3.72. The monoisotopic (exact) mass is 461 g/mol. The minimum absolute atomic E-state index is 0.0704. The molecule has 2 N–H and O–H groups in total. The lowest BCUT2D eigenvalue weighted by Crippen LogP contribution is -2.61. The molecule has 2 aliphatic heterocycles. The Morgan fingerprint density at radius 3 is 2.45 bits per heavy atom. The van der Waals surface area contributed by atoms with Crippen LogP contribution in [0.5, 0.6) is 0 Å². The number of carboxylic acid groups (broad SMARTS) is 1. The van der Waals surface area contributed by atoms with Crippen molar-refractivity contribution < 1.29 is 29.3 Å². The van der Waals surface area contributed by atoms with Crippen LogP contribution in [0.25, 0.3) is 0 Å². The largest absolute Gasteiger partial charge is 0.479 e. The van der Waals surface area contributed by atoms with Gasteiger partial charge in [-0.3, -0.25) is 4.79 Å². The van der Waals surface area contributed by atoms with Gasteiger partial charge >= 0.3 is 5.97 Å². The maximum absolute atomic E-state index is 14.1. The molecule has 2 aliphatic rings. The van der Waals surface area contributed by atoms with Crippen molar-refractivity contribution >= 4 is 11.9 Å². The highest BCUT2D eigenvalue weighted by atomic mass is 16.5. The van der Waals surface area contributed by atoms with Gasteiger partial charge in [-0.2, -0.15) is 0 Å². The number of carboxylic acids is 1. The molecule has 184 valence electrons. The Balaban J connectivity index is 2.29. The second-order valence-corrected chi connectivity index (χ2v) is 10.4. The smallest absolute Gasteiger partial charge is 0.330 e. The molecule has 0 radical (unpaired) electrons. The van der Waals surface area contributed by atoms with Gasteiger partial charge in [0.25, 0.3) is 5.91 Å². The molecule has 33 heavy (non-hydrogen) atoms. The number of ether oxygens (including phenoxy) is 2. The van der Waals surface area contributed by atoms with Crippen LogP contribution >= 0.6 is 0 Å². The van der Waals surface area contributed by atoms with E-state index in [1.54, 1.807) is 4.90 Å². The zero-order valence-corrected chi connectivity index (χ0v) is 20.5. The SMILES string of the molecule is CC[C@@]1(C(=O)O)[C@@H](C(C)(C)C)[C@H](OCCO)[C@H](c2ccccc2C)N1C(=O)C1CCCCO1. The van der Waals surface area contributed by atoms with E-state index in [1.165, 1.54) is 0 Å². The topological polar surface area (TPSA) is 96.3 Å². The molecular weight excluding hydrogens is 422 g/mol. The number of aryl methyl sites for hydroxylation is 1. The van der Waals surface area contributed by atoms with Gasteiger partial charge in [-0.15, -0.1) is 0 Å². The fourth-order valence-electron chi connectivity index (χ4n) is 6.02. The molecule has 2 heterocycles. The van der Waals surface area contributed by atoms with Crippen molar-refractivity contribution in [3.05, 3.63) is 35.4 Å². The summed E-state index contributed by atoms with van der Waals surface area (Å²) in [7, 11) is 0. The number of aliphatic carboxylic acids is 1. The molecule has 0 bridgehead atoms. The first-order valence-electron chi connectivity index (χ1n) is 12.1. The first-order chi connectivity index (χ1) is 15.6. The van der Waals surface area contributed by atoms with Crippen molar-refractivity contribution in [3.8, 4) is 0 Å². The number of aliphatic hydroxyl groups excluding tert-OH is 1. The first kappa shape index (κ1) is 25.7. The molecule has 1 aromatic carbocycles. The van der Waals surface area contributed by atoms with Crippen LogP contribution in [-0.2, 0) is 19.1 Å². The van der Waals surface area contributed by atoms with Crippen LogP contribution in [0.4, 0.5) is 0 Å². The summed E-state index contributed by atoms with van der Waals surface area (Å²) < 4.78 is 12.1. The minimum Gasteiger partial charge on any atom is -0.479 e. The number of hydrogen-bond acceptors (Lipinski definition) is 5. The fraction of sp³-hybridized carbons (Fsp3) is 0.692. The number of aliphatic hydroxyl groups is 1. The molecule has 0 aromatic heterocycles. The lowest BCUT2D eigenvalue weighted by atomic mass is 9.66. The number of benzene rings is 1. The second-order valence-electron chi connectivity index (χ2n) is 10.4. The third-order valence-corrected chi connectivity index (χ3v) is 7.31. The molecule has 2 fully saturated rings. The van der Waals surface area contributed by atoms with Gasteiger partial charge in [-0.1, -0.05) is 52.0 Å². The van der Waals surface area contributed by atoms with Crippen LogP contribution in [0.15, 0.2) is 24.3 Å². The molecular formula is C26H39NO6. The van der Waals surface area contributed by atoms with Crippen LogP contribution < -0.4 is 0 Å². The van der Waals surface area contributed by atoms with Crippen molar-refractivity contribution in [1.29, 1.82) is 0 Å². The molecule has 2 saturated heterocycles. The summed E-state index contributed by atoms with van der Waals surface area (Å²) in [5, 5.41) is 20.3. The van der Waals surface area contributed by atoms with Crippen LogP contribution in [0.1, 0.15) is 70.5 Å². The molecule has 1 unspecified atom stereocenters. The zero-order valence-electron chi connectivity index (χ0n) is 20.5. The summed E-state index contributed by atoms with van der Waals surface area (Å²) in [4.78, 5) is 28.8. The molecule has 5 atom stereocenters. The molecule has 1 aromatic rings. The summed E-state index contributed by atoms with van der Waals surface area (Å²) in [5.41, 5.74) is -0.121. The quantitative estimate of drug-likeness (QED) is 0.642. The summed E-state index contributed by atoms with van der Waals surface area (Å²) in [5.74, 6) is -1.81. The lowest BCUT2D eigenvalue weighted by molar-refractivity contribution is -0.170. The van der Waals surface area contributed by atoms with Crippen molar-refractivity contribution in [2.45, 2.75) is 84.1 Å². The van der Waals surface area contributed by atoms with Crippen molar-refractivity contribution in [3.63, 3.8) is 0 Å². The van der Waals surface area contributed by atoms with E-state index in [0.717, 1.165) is 24.0 Å². The van der Waals surface area contributed by atoms with Crippen molar-refractivity contribution in [2.24, 2.45) is 11.3 Å². The Labute approximate surface area is 197 Å². The predicted molar refractivity (Wildman–Crippen MR) is 125 cm³/mol. The Bertz CT molecular complexity index is 843. The number of hydrogen-bond donors (Lipinski definition) is 2. The zero-order chi connectivity index (χ0) is 24.4. The number of likely N-dealkylation sites (tertiary alicyclic amines) is 1. The number of carbonyl (C=O) groups is 2. The van der Waals surface area contributed by atoms with Gasteiger partial charge in [0.2, 0.25) is 0 Å². The van der Waals surface area contributed by atoms with Crippen LogP contribution in [0.3, 0.4) is 0 Å².